The number of aromatic nitrogens is 1. The van der Waals surface area contributed by atoms with E-state index < -0.39 is 17.6 Å². The van der Waals surface area contributed by atoms with Crippen LogP contribution in [-0.2, 0) is 6.18 Å². The van der Waals surface area contributed by atoms with Gasteiger partial charge in [0.05, 0.1) is 16.5 Å². The topological polar surface area (TPSA) is 58.4 Å². The second-order valence-electron chi connectivity index (χ2n) is 6.36. The van der Waals surface area contributed by atoms with Crippen LogP contribution in [0.2, 0.25) is 0 Å². The lowest BCUT2D eigenvalue weighted by Gasteiger charge is -2.25. The largest absolute Gasteiger partial charge is 0.416 e. The van der Waals surface area contributed by atoms with Gasteiger partial charge in [0.1, 0.15) is 0 Å². The number of carbonyl (C=O) groups is 1. The van der Waals surface area contributed by atoms with Gasteiger partial charge < -0.3 is 14.7 Å². The van der Waals surface area contributed by atoms with E-state index in [2.05, 4.69) is 10.5 Å². The summed E-state index contributed by atoms with van der Waals surface area (Å²) in [6, 6.07) is 9.92. The molecule has 9 heteroatoms. The molecule has 0 saturated heterocycles. The molecule has 5 nitrogen and oxygen atoms in total. The third-order valence-corrected chi connectivity index (χ3v) is 5.09. The van der Waals surface area contributed by atoms with Crippen molar-refractivity contribution in [2.75, 3.05) is 20.6 Å². The van der Waals surface area contributed by atoms with Gasteiger partial charge in [-0.25, -0.2) is 0 Å². The fourth-order valence-electron chi connectivity index (χ4n) is 2.69. The number of rotatable bonds is 6. The van der Waals surface area contributed by atoms with E-state index in [1.165, 1.54) is 23.5 Å². The molecular weight excluding hydrogens is 391 g/mol. The second kappa shape index (κ2) is 8.15. The number of carbonyl (C=O) groups excluding carboxylic acids is 1. The quantitative estimate of drug-likeness (QED) is 0.653. The molecule has 1 atom stereocenters. The lowest BCUT2D eigenvalue weighted by Crippen LogP contribution is -2.34. The lowest BCUT2D eigenvalue weighted by molar-refractivity contribution is -0.137. The molecule has 0 saturated carbocycles. The second-order valence-corrected chi connectivity index (χ2v) is 7.31. The van der Waals surface area contributed by atoms with Crippen molar-refractivity contribution >= 4 is 17.2 Å². The normalized spacial score (nSPS) is 12.9. The van der Waals surface area contributed by atoms with Gasteiger partial charge in [0.25, 0.3) is 5.91 Å². The first-order chi connectivity index (χ1) is 13.3. The highest BCUT2D eigenvalue weighted by molar-refractivity contribution is 7.13. The minimum absolute atomic E-state index is 0.147. The van der Waals surface area contributed by atoms with E-state index in [-0.39, 0.29) is 18.3 Å². The van der Waals surface area contributed by atoms with Crippen molar-refractivity contribution < 1.29 is 22.5 Å². The van der Waals surface area contributed by atoms with Crippen LogP contribution >= 0.6 is 11.3 Å². The zero-order valence-corrected chi connectivity index (χ0v) is 16.0. The zero-order chi connectivity index (χ0) is 20.3. The van der Waals surface area contributed by atoms with E-state index in [9.17, 15) is 18.0 Å². The van der Waals surface area contributed by atoms with Gasteiger partial charge in [-0.3, -0.25) is 4.79 Å². The van der Waals surface area contributed by atoms with Crippen molar-refractivity contribution in [1.82, 2.24) is 15.4 Å². The smallest absolute Gasteiger partial charge is 0.355 e. The van der Waals surface area contributed by atoms with Gasteiger partial charge in [-0.2, -0.15) is 13.2 Å². The molecule has 0 radical (unpaired) electrons. The Morgan fingerprint density at radius 3 is 2.54 bits per heavy atom. The summed E-state index contributed by atoms with van der Waals surface area (Å²) < 4.78 is 43.4. The first-order valence-electron chi connectivity index (χ1n) is 8.38. The van der Waals surface area contributed by atoms with Gasteiger partial charge in [-0.05, 0) is 43.2 Å². The standard InChI is InChI=1S/C19H18F3N3O2S/c1-25(2)15(12-5-7-13(8-6-12)19(20,21)22)11-23-18(26)14-10-16(27-24-14)17-4-3-9-28-17/h3-10,15H,11H2,1-2H3,(H,23,26)/t15-/m0/s1. The van der Waals surface area contributed by atoms with Crippen molar-refractivity contribution in [3.05, 3.63) is 64.7 Å². The summed E-state index contributed by atoms with van der Waals surface area (Å²) in [7, 11) is 3.58. The number of halogens is 3. The summed E-state index contributed by atoms with van der Waals surface area (Å²) in [5.41, 5.74) is 0.104. The monoisotopic (exact) mass is 409 g/mol. The Morgan fingerprint density at radius 2 is 1.96 bits per heavy atom. The van der Waals surface area contributed by atoms with E-state index in [4.69, 9.17) is 4.52 Å². The SMILES string of the molecule is CN(C)[C@@H](CNC(=O)c1cc(-c2cccs2)on1)c1ccc(C(F)(F)F)cc1. The van der Waals surface area contributed by atoms with E-state index in [0.29, 0.717) is 11.3 Å². The number of thiophene rings is 1. The lowest BCUT2D eigenvalue weighted by atomic mass is 10.0. The first-order valence-corrected chi connectivity index (χ1v) is 9.26. The van der Waals surface area contributed by atoms with Crippen LogP contribution in [0.4, 0.5) is 13.2 Å². The summed E-state index contributed by atoms with van der Waals surface area (Å²) in [5, 5.41) is 8.44. The molecule has 0 aliphatic rings. The predicted octanol–water partition coefficient (Wildman–Crippen LogP) is 4.45. The molecule has 0 aliphatic heterocycles. The Bertz CT molecular complexity index is 919. The van der Waals surface area contributed by atoms with E-state index in [0.717, 1.165) is 17.0 Å². The minimum atomic E-state index is -4.38. The third-order valence-electron chi connectivity index (χ3n) is 4.21. The molecule has 1 aromatic carbocycles. The maximum Gasteiger partial charge on any atom is 0.416 e. The molecule has 28 heavy (non-hydrogen) atoms. The Balaban J connectivity index is 1.67. The highest BCUT2D eigenvalue weighted by Crippen LogP contribution is 2.30. The summed E-state index contributed by atoms with van der Waals surface area (Å²) in [6.07, 6.45) is -4.38. The average Bonchev–Trinajstić information content (AvgIpc) is 3.32. The molecule has 0 spiro atoms. The maximum absolute atomic E-state index is 12.7. The van der Waals surface area contributed by atoms with Crippen LogP contribution in [-0.4, -0.2) is 36.6 Å². The van der Waals surface area contributed by atoms with Crippen molar-refractivity contribution in [2.45, 2.75) is 12.2 Å². The van der Waals surface area contributed by atoms with Crippen LogP contribution < -0.4 is 5.32 Å². The highest BCUT2D eigenvalue weighted by atomic mass is 32.1. The number of alkyl halides is 3. The van der Waals surface area contributed by atoms with Crippen molar-refractivity contribution in [3.63, 3.8) is 0 Å². The minimum Gasteiger partial charge on any atom is -0.355 e. The molecule has 3 aromatic rings. The number of likely N-dealkylation sites (N-methyl/N-ethyl adjacent to an activating group) is 1. The van der Waals surface area contributed by atoms with Gasteiger partial charge >= 0.3 is 6.18 Å². The van der Waals surface area contributed by atoms with Gasteiger partial charge in [-0.15, -0.1) is 11.3 Å². The molecular formula is C19H18F3N3O2S. The summed E-state index contributed by atoms with van der Waals surface area (Å²) in [6.45, 7) is 0.207. The van der Waals surface area contributed by atoms with Crippen LogP contribution in [0.15, 0.2) is 52.4 Å². The average molecular weight is 409 g/mol. The van der Waals surface area contributed by atoms with Crippen LogP contribution in [0.25, 0.3) is 10.6 Å². The molecule has 0 bridgehead atoms. The third kappa shape index (κ3) is 4.60. The van der Waals surface area contributed by atoms with E-state index in [1.54, 1.807) is 20.2 Å². The van der Waals surface area contributed by atoms with Crippen LogP contribution in [0.5, 0.6) is 0 Å². The molecule has 148 valence electrons. The van der Waals surface area contributed by atoms with Crippen molar-refractivity contribution in [1.29, 1.82) is 0 Å². The van der Waals surface area contributed by atoms with Crippen LogP contribution in [0.1, 0.15) is 27.7 Å². The first kappa shape index (κ1) is 20.1. The van der Waals surface area contributed by atoms with Gasteiger partial charge in [-0.1, -0.05) is 23.4 Å². The molecule has 1 amide bonds. The Hall–Kier alpha value is -2.65. The fraction of sp³-hybridized carbons (Fsp3) is 0.263. The van der Waals surface area contributed by atoms with Gasteiger partial charge in [0.15, 0.2) is 11.5 Å². The van der Waals surface area contributed by atoms with Crippen molar-refractivity contribution in [2.24, 2.45) is 0 Å². The Morgan fingerprint density at radius 1 is 1.25 bits per heavy atom. The van der Waals surface area contributed by atoms with E-state index in [1.807, 2.05) is 22.4 Å². The summed E-state index contributed by atoms with van der Waals surface area (Å²) in [4.78, 5) is 15.1. The Kier molecular flexibility index (Phi) is 5.85. The molecule has 0 fully saturated rings. The number of nitrogens with one attached hydrogen (secondary N) is 1. The van der Waals surface area contributed by atoms with Crippen LogP contribution in [0, 0.1) is 0 Å². The Labute approximate surface area is 163 Å². The number of hydrogen-bond donors (Lipinski definition) is 1. The number of benzene rings is 1. The number of nitrogens with zero attached hydrogens (tertiary/aromatic N) is 2. The fourth-order valence-corrected chi connectivity index (χ4v) is 3.36. The number of amides is 1. The molecule has 2 heterocycles. The summed E-state index contributed by atoms with van der Waals surface area (Å²) >= 11 is 1.47. The van der Waals surface area contributed by atoms with Crippen molar-refractivity contribution in [3.8, 4) is 10.6 Å². The maximum atomic E-state index is 12.7. The van der Waals surface area contributed by atoms with Gasteiger partial charge in [0.2, 0.25) is 0 Å². The van der Waals surface area contributed by atoms with Crippen LogP contribution in [0.3, 0.4) is 0 Å². The highest BCUT2D eigenvalue weighted by Gasteiger charge is 2.30. The summed E-state index contributed by atoms with van der Waals surface area (Å²) in [5.74, 6) is 0.0948. The molecule has 0 unspecified atom stereocenters. The van der Waals surface area contributed by atoms with Gasteiger partial charge in [0, 0.05) is 12.6 Å². The molecule has 2 aromatic heterocycles. The zero-order valence-electron chi connectivity index (χ0n) is 15.2. The molecule has 1 N–H and O–H groups in total. The molecule has 3 rings (SSSR count). The number of hydrogen-bond acceptors (Lipinski definition) is 5. The predicted molar refractivity (Wildman–Crippen MR) is 100 cm³/mol. The van der Waals surface area contributed by atoms with E-state index >= 15 is 0 Å². The molecule has 0 aliphatic carbocycles.